The van der Waals surface area contributed by atoms with Crippen LogP contribution in [0.5, 0.6) is 5.75 Å². The van der Waals surface area contributed by atoms with Gasteiger partial charge >= 0.3 is 5.97 Å². The average molecular weight is 847 g/mol. The molecular formula is C46H58N2O11S. The fourth-order valence-corrected chi connectivity index (χ4v) is 8.06. The van der Waals surface area contributed by atoms with Crippen LogP contribution in [0.15, 0.2) is 72.8 Å². The molecule has 2 amide bonds. The van der Waals surface area contributed by atoms with Gasteiger partial charge in [-0.25, -0.2) is 4.79 Å². The Kier molecular flexibility index (Phi) is 19.0. The van der Waals surface area contributed by atoms with Crippen LogP contribution >= 0.6 is 11.3 Å². The number of carbonyl (C=O) groups is 3. The number of benzene rings is 3. The van der Waals surface area contributed by atoms with E-state index in [2.05, 4.69) is 24.5 Å². The predicted octanol–water partition coefficient (Wildman–Crippen LogP) is 6.79. The molecule has 14 heteroatoms. The van der Waals surface area contributed by atoms with Crippen LogP contribution < -0.4 is 15.4 Å². The third kappa shape index (κ3) is 15.1. The van der Waals surface area contributed by atoms with Gasteiger partial charge in [0.25, 0.3) is 11.8 Å². The Hall–Kier alpha value is -4.67. The Labute approximate surface area is 356 Å². The minimum absolute atomic E-state index is 0.00393. The number of amides is 2. The van der Waals surface area contributed by atoms with Crippen LogP contribution in [0.4, 0.5) is 10.7 Å². The molecule has 5 rings (SSSR count). The van der Waals surface area contributed by atoms with Crippen molar-refractivity contribution < 1.29 is 52.6 Å². The summed E-state index contributed by atoms with van der Waals surface area (Å²) in [4.78, 5) is 40.5. The second-order valence-corrected chi connectivity index (χ2v) is 16.1. The maximum Gasteiger partial charge on any atom is 0.337 e. The second kappa shape index (κ2) is 24.6. The molecule has 0 saturated heterocycles. The van der Waals surface area contributed by atoms with Crippen molar-refractivity contribution in [3.8, 4) is 5.75 Å². The summed E-state index contributed by atoms with van der Waals surface area (Å²) in [7, 11) is 1.37. The number of thiophene rings is 1. The van der Waals surface area contributed by atoms with Crippen LogP contribution in [0.1, 0.15) is 72.9 Å². The Morgan fingerprint density at radius 2 is 1.25 bits per heavy atom. The average Bonchev–Trinajstić information content (AvgIpc) is 3.60. The van der Waals surface area contributed by atoms with Crippen molar-refractivity contribution in [2.45, 2.75) is 46.0 Å². The van der Waals surface area contributed by atoms with E-state index in [-0.39, 0.29) is 29.8 Å². The monoisotopic (exact) mass is 846 g/mol. The fraction of sp³-hybridized carbons (Fsp3) is 0.457. The predicted molar refractivity (Wildman–Crippen MR) is 231 cm³/mol. The second-order valence-electron chi connectivity index (χ2n) is 15.0. The van der Waals surface area contributed by atoms with Gasteiger partial charge in [-0.3, -0.25) is 9.59 Å². The maximum atomic E-state index is 14.0. The highest BCUT2D eigenvalue weighted by atomic mass is 32.1. The molecule has 0 spiro atoms. The normalized spacial score (nSPS) is 13.1. The molecule has 60 heavy (non-hydrogen) atoms. The van der Waals surface area contributed by atoms with Crippen molar-refractivity contribution in [1.29, 1.82) is 0 Å². The van der Waals surface area contributed by atoms with E-state index >= 15 is 0 Å². The summed E-state index contributed by atoms with van der Waals surface area (Å²) in [6.07, 6.45) is 4.12. The molecule has 0 aliphatic heterocycles. The number of rotatable bonds is 26. The van der Waals surface area contributed by atoms with Crippen LogP contribution in [0.25, 0.3) is 0 Å². The van der Waals surface area contributed by atoms with Gasteiger partial charge in [-0.2, -0.15) is 0 Å². The minimum atomic E-state index is -0.356. The highest BCUT2D eigenvalue weighted by Gasteiger charge is 2.33. The highest BCUT2D eigenvalue weighted by molar-refractivity contribution is 7.17. The van der Waals surface area contributed by atoms with Crippen LogP contribution in [-0.4, -0.2) is 109 Å². The van der Waals surface area contributed by atoms with Crippen LogP contribution in [-0.2, 0) is 54.1 Å². The standard InChI is InChI=1S/C46H58N2O11S/c1-46(2)18-17-39-40(32-46)60-44(41(39)43(51)47-37-15-11-34(12-16-37)8-7-33-9-13-35(14-10-33)45(52)53-3)48-42(50)36-5-4-6-38(31-36)59-30-29-58-28-27-57-26-25-56-24-23-55-22-21-54-20-19-49/h4-6,9-16,31,49H,7-8,17-30,32H2,1-3H3,(H,47,51)(H,48,50). The van der Waals surface area contributed by atoms with Crippen molar-refractivity contribution in [3.63, 3.8) is 0 Å². The van der Waals surface area contributed by atoms with E-state index in [1.165, 1.54) is 18.4 Å². The summed E-state index contributed by atoms with van der Waals surface area (Å²) in [6, 6.07) is 22.2. The SMILES string of the molecule is COC(=O)c1ccc(CCc2ccc(NC(=O)c3c(NC(=O)c4cccc(OCCOCCOCCOCCOCCOCCO)c4)sc4c3CCC(C)(C)C4)cc2)cc1. The molecule has 0 saturated carbocycles. The van der Waals surface area contributed by atoms with Gasteiger partial charge in [0.05, 0.1) is 90.9 Å². The molecule has 3 N–H and O–H groups in total. The van der Waals surface area contributed by atoms with Gasteiger partial charge < -0.3 is 48.9 Å². The van der Waals surface area contributed by atoms with E-state index in [1.54, 1.807) is 36.4 Å². The molecule has 0 bridgehead atoms. The fourth-order valence-electron chi connectivity index (χ4n) is 6.56. The van der Waals surface area contributed by atoms with E-state index in [0.717, 1.165) is 53.7 Å². The van der Waals surface area contributed by atoms with Crippen LogP contribution in [0.2, 0.25) is 0 Å². The highest BCUT2D eigenvalue weighted by Crippen LogP contribution is 2.44. The van der Waals surface area contributed by atoms with Crippen LogP contribution in [0, 0.1) is 5.41 Å². The van der Waals surface area contributed by atoms with E-state index in [1.807, 2.05) is 36.4 Å². The molecule has 324 valence electrons. The third-order valence-electron chi connectivity index (χ3n) is 9.84. The van der Waals surface area contributed by atoms with Gasteiger partial charge in [0.2, 0.25) is 0 Å². The molecule has 1 aromatic heterocycles. The lowest BCUT2D eigenvalue weighted by Gasteiger charge is -2.29. The van der Waals surface area contributed by atoms with E-state index in [4.69, 9.17) is 38.3 Å². The third-order valence-corrected chi connectivity index (χ3v) is 11.0. The van der Waals surface area contributed by atoms with E-state index in [0.29, 0.717) is 106 Å². The van der Waals surface area contributed by atoms with Crippen molar-refractivity contribution >= 4 is 39.8 Å². The first-order valence-electron chi connectivity index (χ1n) is 20.4. The molecular weight excluding hydrogens is 789 g/mol. The molecule has 0 fully saturated rings. The minimum Gasteiger partial charge on any atom is -0.491 e. The van der Waals surface area contributed by atoms with Gasteiger partial charge in [0.1, 0.15) is 17.4 Å². The number of ether oxygens (including phenoxy) is 7. The number of aliphatic hydroxyl groups is 1. The number of aryl methyl sites for hydroxylation is 2. The first kappa shape index (κ1) is 46.4. The number of methoxy groups -OCH3 is 1. The topological polar surface area (TPSA) is 160 Å². The Balaban J connectivity index is 1.07. The Bertz CT molecular complexity index is 1950. The number of anilines is 2. The summed E-state index contributed by atoms with van der Waals surface area (Å²) in [5.41, 5.74) is 5.44. The lowest BCUT2D eigenvalue weighted by molar-refractivity contribution is -0.0146. The zero-order valence-corrected chi connectivity index (χ0v) is 35.7. The Morgan fingerprint density at radius 3 is 1.83 bits per heavy atom. The summed E-state index contributed by atoms with van der Waals surface area (Å²) in [5, 5.41) is 15.3. The van der Waals surface area contributed by atoms with E-state index in [9.17, 15) is 14.4 Å². The lowest BCUT2D eigenvalue weighted by Crippen LogP contribution is -2.23. The quantitative estimate of drug-likeness (QED) is 0.0451. The smallest absolute Gasteiger partial charge is 0.337 e. The molecule has 1 heterocycles. The molecule has 0 unspecified atom stereocenters. The number of esters is 1. The van der Waals surface area contributed by atoms with E-state index < -0.39 is 0 Å². The maximum absolute atomic E-state index is 14.0. The number of hydrogen-bond donors (Lipinski definition) is 3. The summed E-state index contributed by atoms with van der Waals surface area (Å²) in [5.74, 6) is -0.404. The zero-order valence-electron chi connectivity index (χ0n) is 34.9. The summed E-state index contributed by atoms with van der Waals surface area (Å²) >= 11 is 1.48. The van der Waals surface area contributed by atoms with Gasteiger partial charge in [-0.05, 0) is 96.7 Å². The summed E-state index contributed by atoms with van der Waals surface area (Å²) in [6.45, 7) is 8.98. The van der Waals surface area contributed by atoms with Gasteiger partial charge in [0, 0.05) is 16.1 Å². The molecule has 13 nitrogen and oxygen atoms in total. The first-order valence-corrected chi connectivity index (χ1v) is 21.2. The number of nitrogens with one attached hydrogen (secondary N) is 2. The molecule has 0 atom stereocenters. The first-order chi connectivity index (χ1) is 29.2. The van der Waals surface area contributed by atoms with Gasteiger partial charge in [-0.15, -0.1) is 11.3 Å². The van der Waals surface area contributed by atoms with Crippen molar-refractivity contribution in [1.82, 2.24) is 0 Å². The zero-order chi connectivity index (χ0) is 42.6. The van der Waals surface area contributed by atoms with Crippen molar-refractivity contribution in [3.05, 3.63) is 111 Å². The van der Waals surface area contributed by atoms with Gasteiger partial charge in [-0.1, -0.05) is 44.2 Å². The molecule has 1 aliphatic carbocycles. The Morgan fingerprint density at radius 1 is 0.683 bits per heavy atom. The molecule has 0 radical (unpaired) electrons. The van der Waals surface area contributed by atoms with Crippen LogP contribution in [0.3, 0.4) is 0 Å². The number of hydrogen-bond acceptors (Lipinski definition) is 12. The molecule has 4 aromatic rings. The number of fused-ring (bicyclic) bond motifs is 1. The number of aliphatic hydroxyl groups excluding tert-OH is 1. The van der Waals surface area contributed by atoms with Crippen molar-refractivity contribution in [2.75, 3.05) is 97.0 Å². The summed E-state index contributed by atoms with van der Waals surface area (Å²) < 4.78 is 37.8. The molecule has 1 aliphatic rings. The van der Waals surface area contributed by atoms with Gasteiger partial charge in [0.15, 0.2) is 0 Å². The largest absolute Gasteiger partial charge is 0.491 e. The molecule has 3 aromatic carbocycles. The van der Waals surface area contributed by atoms with Crippen molar-refractivity contribution in [2.24, 2.45) is 5.41 Å². The lowest BCUT2D eigenvalue weighted by atomic mass is 9.77. The number of carbonyl (C=O) groups excluding carboxylic acids is 3.